The summed E-state index contributed by atoms with van der Waals surface area (Å²) in [5, 5.41) is 8.52. The van der Waals surface area contributed by atoms with Crippen LogP contribution in [0.5, 0.6) is 0 Å². The number of nitrogens with one attached hydrogen (secondary N) is 1. The minimum Gasteiger partial charge on any atom is -0.366 e. The minimum atomic E-state index is 0.666. The smallest absolute Gasteiger partial charge is 0.172 e. The molecular weight excluding hydrogens is 402 g/mol. The van der Waals surface area contributed by atoms with Crippen molar-refractivity contribution >= 4 is 39.0 Å². The summed E-state index contributed by atoms with van der Waals surface area (Å²) in [6.07, 6.45) is 5.30. The van der Waals surface area contributed by atoms with Crippen molar-refractivity contribution in [2.75, 3.05) is 5.32 Å². The molecule has 0 unspecified atom stereocenters. The Morgan fingerprint density at radius 1 is 1.08 bits per heavy atom. The Morgan fingerprint density at radius 3 is 2.60 bits per heavy atom. The molecule has 3 heterocycles. The molecule has 0 aliphatic carbocycles. The van der Waals surface area contributed by atoms with Gasteiger partial charge in [0, 0.05) is 35.6 Å². The van der Waals surface area contributed by atoms with Gasteiger partial charge in [0.1, 0.15) is 5.82 Å². The molecule has 1 N–H and O–H groups in total. The Bertz CT molecular complexity index is 1020. The van der Waals surface area contributed by atoms with Crippen molar-refractivity contribution in [1.29, 1.82) is 0 Å². The predicted octanol–water partition coefficient (Wildman–Crippen LogP) is 4.82. The minimum absolute atomic E-state index is 0.666. The van der Waals surface area contributed by atoms with E-state index in [2.05, 4.69) is 31.3 Å². The fourth-order valence-corrected chi connectivity index (χ4v) is 3.00. The van der Waals surface area contributed by atoms with Gasteiger partial charge in [-0.15, -0.1) is 0 Å². The van der Waals surface area contributed by atoms with Crippen LogP contribution in [0, 0.1) is 0 Å². The molecule has 7 heteroatoms. The van der Waals surface area contributed by atoms with Gasteiger partial charge < -0.3 is 5.32 Å². The molecule has 0 aliphatic rings. The predicted molar refractivity (Wildman–Crippen MR) is 103 cm³/mol. The van der Waals surface area contributed by atoms with E-state index in [0.29, 0.717) is 11.6 Å². The Hall–Kier alpha value is -2.44. The van der Waals surface area contributed by atoms with Gasteiger partial charge in [0.05, 0.1) is 16.4 Å². The second-order valence-corrected chi connectivity index (χ2v) is 6.76. The highest BCUT2D eigenvalue weighted by Gasteiger charge is 2.11. The van der Waals surface area contributed by atoms with Crippen molar-refractivity contribution in [3.05, 3.63) is 76.1 Å². The maximum Gasteiger partial charge on any atom is 0.172 e. The highest BCUT2D eigenvalue weighted by molar-refractivity contribution is 9.10. The number of hydrogen-bond donors (Lipinski definition) is 1. The number of hydrogen-bond acceptors (Lipinski definition) is 4. The van der Waals surface area contributed by atoms with Gasteiger partial charge in [-0.3, -0.25) is 4.98 Å². The van der Waals surface area contributed by atoms with Gasteiger partial charge >= 0.3 is 0 Å². The van der Waals surface area contributed by atoms with Crippen LogP contribution in [0.3, 0.4) is 0 Å². The van der Waals surface area contributed by atoms with Crippen LogP contribution in [0.25, 0.3) is 16.9 Å². The van der Waals surface area contributed by atoms with E-state index >= 15 is 0 Å². The molecule has 0 saturated carbocycles. The van der Waals surface area contributed by atoms with Crippen LogP contribution in [-0.4, -0.2) is 19.6 Å². The molecule has 4 rings (SSSR count). The lowest BCUT2D eigenvalue weighted by Crippen LogP contribution is -2.06. The van der Waals surface area contributed by atoms with Gasteiger partial charge in [-0.1, -0.05) is 23.7 Å². The van der Waals surface area contributed by atoms with E-state index in [0.717, 1.165) is 32.8 Å². The summed E-state index contributed by atoms with van der Waals surface area (Å²) in [6, 6.07) is 13.6. The summed E-state index contributed by atoms with van der Waals surface area (Å²) in [4.78, 5) is 8.75. The fraction of sp³-hybridized carbons (Fsp3) is 0.0556. The molecule has 0 bridgehead atoms. The maximum absolute atomic E-state index is 5.99. The molecule has 0 amide bonds. The monoisotopic (exact) mass is 413 g/mol. The lowest BCUT2D eigenvalue weighted by molar-refractivity contribution is 0.926. The lowest BCUT2D eigenvalue weighted by atomic mass is 10.1. The number of benzene rings is 1. The zero-order valence-corrected chi connectivity index (χ0v) is 15.4. The molecule has 4 aromatic rings. The average Bonchev–Trinajstić information content (AvgIpc) is 3.02. The van der Waals surface area contributed by atoms with Gasteiger partial charge in [0.2, 0.25) is 0 Å². The number of nitrogens with zero attached hydrogens (tertiary/aromatic N) is 4. The van der Waals surface area contributed by atoms with Gasteiger partial charge in [-0.05, 0) is 45.8 Å². The first-order valence-corrected chi connectivity index (χ1v) is 8.81. The van der Waals surface area contributed by atoms with E-state index in [4.69, 9.17) is 16.6 Å². The van der Waals surface area contributed by atoms with Crippen molar-refractivity contribution in [2.24, 2.45) is 0 Å². The summed E-state index contributed by atoms with van der Waals surface area (Å²) < 4.78 is 2.63. The van der Waals surface area contributed by atoms with Crippen LogP contribution in [-0.2, 0) is 6.54 Å². The summed E-state index contributed by atoms with van der Waals surface area (Å²) in [6.45, 7) is 0.666. The summed E-state index contributed by atoms with van der Waals surface area (Å²) in [7, 11) is 0. The highest BCUT2D eigenvalue weighted by Crippen LogP contribution is 2.27. The second kappa shape index (κ2) is 6.82. The second-order valence-electron chi connectivity index (χ2n) is 5.47. The average molecular weight is 415 g/mol. The maximum atomic E-state index is 5.99. The fourth-order valence-electron chi connectivity index (χ4n) is 2.52. The van der Waals surface area contributed by atoms with Crippen LogP contribution in [0.4, 0.5) is 5.82 Å². The molecule has 0 aliphatic heterocycles. The van der Waals surface area contributed by atoms with E-state index in [1.165, 1.54) is 0 Å². The molecular formula is C18H13BrClN5. The molecule has 0 fully saturated rings. The standard InChI is InChI=1S/C18H13BrClN5/c19-15-11-23-25-17(22-10-12-5-7-21-8-6-12)9-16(24-18(15)25)13-1-3-14(20)4-2-13/h1-9,11,22H,10H2. The molecule has 5 nitrogen and oxygen atoms in total. The number of pyridine rings is 1. The number of halogens is 2. The summed E-state index contributed by atoms with van der Waals surface area (Å²) in [5.41, 5.74) is 3.73. The topological polar surface area (TPSA) is 55.1 Å². The third-order valence-corrected chi connectivity index (χ3v) is 4.60. The van der Waals surface area contributed by atoms with Gasteiger partial charge in [-0.2, -0.15) is 9.61 Å². The van der Waals surface area contributed by atoms with Crippen LogP contribution < -0.4 is 5.32 Å². The Balaban J connectivity index is 1.75. The zero-order chi connectivity index (χ0) is 17.2. The van der Waals surface area contributed by atoms with Crippen molar-refractivity contribution in [3.8, 4) is 11.3 Å². The van der Waals surface area contributed by atoms with Crippen LogP contribution in [0.2, 0.25) is 5.02 Å². The number of anilines is 1. The van der Waals surface area contributed by atoms with Crippen LogP contribution in [0.1, 0.15) is 5.56 Å². The number of aromatic nitrogens is 4. The SMILES string of the molecule is Clc1ccc(-c2cc(NCc3ccncc3)n3ncc(Br)c3n2)cc1. The van der Waals surface area contributed by atoms with Gasteiger partial charge in [0.25, 0.3) is 0 Å². The molecule has 0 spiro atoms. The van der Waals surface area contributed by atoms with Crippen molar-refractivity contribution in [3.63, 3.8) is 0 Å². The number of fused-ring (bicyclic) bond motifs is 1. The first kappa shape index (κ1) is 16.1. The van der Waals surface area contributed by atoms with Gasteiger partial charge in [-0.25, -0.2) is 4.98 Å². The van der Waals surface area contributed by atoms with E-state index < -0.39 is 0 Å². The quantitative estimate of drug-likeness (QED) is 0.520. The molecule has 1 aromatic carbocycles. The van der Waals surface area contributed by atoms with Crippen molar-refractivity contribution < 1.29 is 0 Å². The van der Waals surface area contributed by atoms with E-state index in [1.54, 1.807) is 23.1 Å². The molecule has 3 aromatic heterocycles. The summed E-state index contributed by atoms with van der Waals surface area (Å²) >= 11 is 9.50. The largest absolute Gasteiger partial charge is 0.366 e. The van der Waals surface area contributed by atoms with Crippen LogP contribution in [0.15, 0.2) is 65.5 Å². The van der Waals surface area contributed by atoms with Crippen LogP contribution >= 0.6 is 27.5 Å². The Morgan fingerprint density at radius 2 is 1.84 bits per heavy atom. The van der Waals surface area contributed by atoms with E-state index in [9.17, 15) is 0 Å². The summed E-state index contributed by atoms with van der Waals surface area (Å²) in [5.74, 6) is 0.859. The molecule has 124 valence electrons. The molecule has 0 radical (unpaired) electrons. The first-order valence-electron chi connectivity index (χ1n) is 7.64. The third-order valence-electron chi connectivity index (χ3n) is 3.79. The molecule has 0 atom stereocenters. The Kier molecular flexibility index (Phi) is 4.38. The molecule has 0 saturated heterocycles. The number of rotatable bonds is 4. The highest BCUT2D eigenvalue weighted by atomic mass is 79.9. The first-order chi connectivity index (χ1) is 12.2. The van der Waals surface area contributed by atoms with Crippen molar-refractivity contribution in [2.45, 2.75) is 6.54 Å². The van der Waals surface area contributed by atoms with Gasteiger partial charge in [0.15, 0.2) is 5.65 Å². The zero-order valence-electron chi connectivity index (χ0n) is 13.0. The van der Waals surface area contributed by atoms with E-state index in [-0.39, 0.29) is 0 Å². The molecule has 25 heavy (non-hydrogen) atoms. The van der Waals surface area contributed by atoms with E-state index in [1.807, 2.05) is 42.5 Å². The Labute approximate surface area is 157 Å². The third kappa shape index (κ3) is 3.36. The normalized spacial score (nSPS) is 11.0. The van der Waals surface area contributed by atoms with Crippen molar-refractivity contribution in [1.82, 2.24) is 19.6 Å². The lowest BCUT2D eigenvalue weighted by Gasteiger charge is -2.11.